The molecule has 3 nitrogen and oxygen atoms in total. The quantitative estimate of drug-likeness (QED) is 0.775. The molecule has 6 heteroatoms. The molecule has 1 fully saturated rings. The van der Waals surface area contributed by atoms with E-state index in [4.69, 9.17) is 0 Å². The second-order valence-electron chi connectivity index (χ2n) is 4.36. The third kappa shape index (κ3) is 2.48. The third-order valence-electron chi connectivity index (χ3n) is 2.89. The molecule has 1 N–H and O–H groups in total. The van der Waals surface area contributed by atoms with E-state index in [1.165, 1.54) is 4.90 Å². The van der Waals surface area contributed by atoms with Crippen LogP contribution < -0.4 is 5.32 Å². The van der Waals surface area contributed by atoms with E-state index >= 15 is 0 Å². The fraction of sp³-hybridized carbons (Fsp3) is 0.417. The fourth-order valence-electron chi connectivity index (χ4n) is 1.98. The summed E-state index contributed by atoms with van der Waals surface area (Å²) in [5.41, 5.74) is -0.166. The zero-order valence-electron chi connectivity index (χ0n) is 9.84. The Balaban J connectivity index is 2.23. The Bertz CT molecular complexity index is 455. The first-order valence-electron chi connectivity index (χ1n) is 5.66. The Kier molecular flexibility index (Phi) is 3.56. The summed E-state index contributed by atoms with van der Waals surface area (Å²) in [6.07, 6.45) is 0. The highest BCUT2D eigenvalue weighted by molar-refractivity contribution is 5.94. The SMILES string of the molecule is C[C@H]1CN(C(=O)c2cc(F)c(F)c(F)c2)CCN1. The normalized spacial score (nSPS) is 20.0. The maximum atomic E-state index is 13.0. The number of nitrogens with zero attached hydrogens (tertiary/aromatic N) is 1. The van der Waals surface area contributed by atoms with Crippen LogP contribution in [0.15, 0.2) is 12.1 Å². The molecule has 2 rings (SSSR count). The Hall–Kier alpha value is -1.56. The summed E-state index contributed by atoms with van der Waals surface area (Å²) in [4.78, 5) is 13.5. The smallest absolute Gasteiger partial charge is 0.254 e. The van der Waals surface area contributed by atoms with Gasteiger partial charge in [-0.15, -0.1) is 0 Å². The van der Waals surface area contributed by atoms with Crippen molar-refractivity contribution in [1.82, 2.24) is 10.2 Å². The highest BCUT2D eigenvalue weighted by Crippen LogP contribution is 2.16. The largest absolute Gasteiger partial charge is 0.336 e. The van der Waals surface area contributed by atoms with Crippen LogP contribution in [0.2, 0.25) is 0 Å². The number of halogens is 3. The lowest BCUT2D eigenvalue weighted by Gasteiger charge is -2.32. The maximum Gasteiger partial charge on any atom is 0.254 e. The van der Waals surface area contributed by atoms with Crippen molar-refractivity contribution in [2.45, 2.75) is 13.0 Å². The van der Waals surface area contributed by atoms with Gasteiger partial charge in [-0.2, -0.15) is 0 Å². The molecule has 0 saturated carbocycles. The van der Waals surface area contributed by atoms with Gasteiger partial charge < -0.3 is 10.2 Å². The van der Waals surface area contributed by atoms with Gasteiger partial charge in [-0.3, -0.25) is 4.79 Å². The predicted molar refractivity (Wildman–Crippen MR) is 59.7 cm³/mol. The summed E-state index contributed by atoms with van der Waals surface area (Å²) in [7, 11) is 0. The molecule has 1 aliphatic rings. The number of benzene rings is 1. The summed E-state index contributed by atoms with van der Waals surface area (Å²) < 4.78 is 38.9. The number of carbonyl (C=O) groups excluding carboxylic acids is 1. The van der Waals surface area contributed by atoms with Crippen LogP contribution in [0.1, 0.15) is 17.3 Å². The lowest BCUT2D eigenvalue weighted by molar-refractivity contribution is 0.0708. The first-order valence-corrected chi connectivity index (χ1v) is 5.66. The second-order valence-corrected chi connectivity index (χ2v) is 4.36. The molecule has 98 valence electrons. The Labute approximate surface area is 103 Å². The molecular weight excluding hydrogens is 245 g/mol. The molecule has 0 unspecified atom stereocenters. The minimum atomic E-state index is -1.56. The summed E-state index contributed by atoms with van der Waals surface area (Å²) in [6, 6.07) is 1.58. The molecular formula is C12H13F3N2O. The zero-order chi connectivity index (χ0) is 13.3. The first kappa shape index (κ1) is 12.9. The van der Waals surface area contributed by atoms with Gasteiger partial charge in [0.1, 0.15) is 0 Å². The lowest BCUT2D eigenvalue weighted by Crippen LogP contribution is -2.51. The maximum absolute atomic E-state index is 13.0. The van der Waals surface area contributed by atoms with E-state index in [1.807, 2.05) is 6.92 Å². The van der Waals surface area contributed by atoms with Gasteiger partial charge in [-0.25, -0.2) is 13.2 Å². The van der Waals surface area contributed by atoms with Gasteiger partial charge in [-0.1, -0.05) is 0 Å². The number of hydrogen-bond acceptors (Lipinski definition) is 2. The van der Waals surface area contributed by atoms with Gasteiger partial charge in [0.2, 0.25) is 0 Å². The van der Waals surface area contributed by atoms with E-state index < -0.39 is 23.4 Å². The van der Waals surface area contributed by atoms with Gasteiger partial charge in [-0.05, 0) is 19.1 Å². The monoisotopic (exact) mass is 258 g/mol. The van der Waals surface area contributed by atoms with E-state index in [9.17, 15) is 18.0 Å². The number of amides is 1. The zero-order valence-corrected chi connectivity index (χ0v) is 9.84. The minimum absolute atomic E-state index is 0.123. The summed E-state index contributed by atoms with van der Waals surface area (Å²) in [5.74, 6) is -4.73. The van der Waals surface area contributed by atoms with Crippen LogP contribution in [0.25, 0.3) is 0 Å². The van der Waals surface area contributed by atoms with Crippen LogP contribution in [-0.2, 0) is 0 Å². The standard InChI is InChI=1S/C12H13F3N2O/c1-7-6-17(3-2-16-7)12(18)8-4-9(13)11(15)10(14)5-8/h4-5,7,16H,2-3,6H2,1H3/t7-/m0/s1. The van der Waals surface area contributed by atoms with E-state index in [0.29, 0.717) is 19.6 Å². The van der Waals surface area contributed by atoms with Crippen LogP contribution in [0.3, 0.4) is 0 Å². The Morgan fingerprint density at radius 1 is 1.33 bits per heavy atom. The van der Waals surface area contributed by atoms with Crippen LogP contribution >= 0.6 is 0 Å². The fourth-order valence-corrected chi connectivity index (χ4v) is 1.98. The topological polar surface area (TPSA) is 32.3 Å². The molecule has 0 bridgehead atoms. The van der Waals surface area contributed by atoms with Crippen molar-refractivity contribution in [3.8, 4) is 0 Å². The molecule has 1 saturated heterocycles. The van der Waals surface area contributed by atoms with Crippen molar-refractivity contribution in [3.63, 3.8) is 0 Å². The average molecular weight is 258 g/mol. The van der Waals surface area contributed by atoms with Gasteiger partial charge in [0, 0.05) is 31.2 Å². The number of carbonyl (C=O) groups is 1. The molecule has 1 heterocycles. The molecule has 1 aromatic carbocycles. The number of piperazine rings is 1. The van der Waals surface area contributed by atoms with Crippen LogP contribution in [0.4, 0.5) is 13.2 Å². The third-order valence-corrected chi connectivity index (χ3v) is 2.89. The highest BCUT2D eigenvalue weighted by Gasteiger charge is 2.23. The molecule has 1 amide bonds. The molecule has 1 aromatic rings. The van der Waals surface area contributed by atoms with Crippen molar-refractivity contribution in [1.29, 1.82) is 0 Å². The minimum Gasteiger partial charge on any atom is -0.336 e. The van der Waals surface area contributed by atoms with Crippen molar-refractivity contribution >= 4 is 5.91 Å². The second kappa shape index (κ2) is 4.97. The van der Waals surface area contributed by atoms with Gasteiger partial charge >= 0.3 is 0 Å². The van der Waals surface area contributed by atoms with Crippen molar-refractivity contribution in [2.75, 3.05) is 19.6 Å². The van der Waals surface area contributed by atoms with E-state index in [1.54, 1.807) is 0 Å². The first-order chi connectivity index (χ1) is 8.49. The predicted octanol–water partition coefficient (Wildman–Crippen LogP) is 1.54. The Morgan fingerprint density at radius 2 is 1.94 bits per heavy atom. The van der Waals surface area contributed by atoms with Crippen LogP contribution in [0.5, 0.6) is 0 Å². The molecule has 1 aliphatic heterocycles. The molecule has 0 spiro atoms. The molecule has 1 atom stereocenters. The van der Waals surface area contributed by atoms with E-state index in [0.717, 1.165) is 12.1 Å². The number of rotatable bonds is 1. The van der Waals surface area contributed by atoms with E-state index in [2.05, 4.69) is 5.32 Å². The van der Waals surface area contributed by atoms with Crippen molar-refractivity contribution < 1.29 is 18.0 Å². The lowest BCUT2D eigenvalue weighted by atomic mass is 10.1. The summed E-state index contributed by atoms with van der Waals surface area (Å²) >= 11 is 0. The van der Waals surface area contributed by atoms with Gasteiger partial charge in [0.15, 0.2) is 17.5 Å². The van der Waals surface area contributed by atoms with Crippen LogP contribution in [-0.4, -0.2) is 36.5 Å². The summed E-state index contributed by atoms with van der Waals surface area (Å²) in [5, 5.41) is 3.15. The van der Waals surface area contributed by atoms with E-state index in [-0.39, 0.29) is 11.6 Å². The van der Waals surface area contributed by atoms with Crippen molar-refractivity contribution in [3.05, 3.63) is 35.1 Å². The Morgan fingerprint density at radius 3 is 2.50 bits per heavy atom. The van der Waals surface area contributed by atoms with Gasteiger partial charge in [0.25, 0.3) is 5.91 Å². The highest BCUT2D eigenvalue weighted by atomic mass is 19.2. The van der Waals surface area contributed by atoms with Crippen LogP contribution in [0, 0.1) is 17.5 Å². The number of hydrogen-bond donors (Lipinski definition) is 1. The molecule has 18 heavy (non-hydrogen) atoms. The average Bonchev–Trinajstić information content (AvgIpc) is 2.34. The molecule has 0 aliphatic carbocycles. The van der Waals surface area contributed by atoms with Crippen molar-refractivity contribution in [2.24, 2.45) is 0 Å². The van der Waals surface area contributed by atoms with Gasteiger partial charge in [0.05, 0.1) is 0 Å². The number of nitrogens with one attached hydrogen (secondary N) is 1. The molecule has 0 aromatic heterocycles. The molecule has 0 radical (unpaired) electrons. The summed E-state index contributed by atoms with van der Waals surface area (Å²) in [6.45, 7) is 3.45.